The van der Waals surface area contributed by atoms with Gasteiger partial charge in [-0.05, 0) is 43.5 Å². The Morgan fingerprint density at radius 3 is 2.79 bits per heavy atom. The number of pyridine rings is 2. The molecule has 1 saturated heterocycles. The van der Waals surface area contributed by atoms with Gasteiger partial charge in [-0.3, -0.25) is 10.1 Å². The molecule has 1 aliphatic rings. The van der Waals surface area contributed by atoms with Crippen LogP contribution in [0.25, 0.3) is 22.3 Å². The molecule has 0 aliphatic carbocycles. The van der Waals surface area contributed by atoms with E-state index in [4.69, 9.17) is 9.72 Å². The number of nitrogens with zero attached hydrogens (tertiary/aromatic N) is 4. The summed E-state index contributed by atoms with van der Waals surface area (Å²) in [7, 11) is 0. The second-order valence-corrected chi connectivity index (χ2v) is 7.41. The van der Waals surface area contributed by atoms with Gasteiger partial charge in [0.05, 0.1) is 30.6 Å². The molecule has 0 amide bonds. The van der Waals surface area contributed by atoms with Crippen LogP contribution in [0.5, 0.6) is 0 Å². The predicted molar refractivity (Wildman–Crippen MR) is 109 cm³/mol. The first-order chi connectivity index (χ1) is 13.6. The van der Waals surface area contributed by atoms with Crippen molar-refractivity contribution >= 4 is 16.7 Å². The summed E-state index contributed by atoms with van der Waals surface area (Å²) >= 11 is 0. The smallest absolute Gasteiger partial charge is 0.130 e. The van der Waals surface area contributed by atoms with Crippen LogP contribution >= 0.6 is 0 Å². The molecule has 3 aromatic heterocycles. The molecule has 1 fully saturated rings. The Hall–Kier alpha value is -2.51. The van der Waals surface area contributed by atoms with E-state index in [1.54, 1.807) is 12.4 Å². The number of aromatic nitrogens is 4. The number of rotatable bonds is 5. The molecule has 4 rings (SSSR count). The van der Waals surface area contributed by atoms with Crippen LogP contribution in [0.1, 0.15) is 39.2 Å². The van der Waals surface area contributed by atoms with Crippen molar-refractivity contribution in [3.63, 3.8) is 0 Å². The second-order valence-electron chi connectivity index (χ2n) is 7.41. The number of aromatic amines is 1. The van der Waals surface area contributed by atoms with Crippen LogP contribution in [0.3, 0.4) is 0 Å². The molecule has 7 nitrogen and oxygen atoms in total. The first-order valence-electron chi connectivity index (χ1n) is 9.94. The van der Waals surface area contributed by atoms with Gasteiger partial charge in [0.2, 0.25) is 0 Å². The van der Waals surface area contributed by atoms with E-state index in [9.17, 15) is 5.11 Å². The van der Waals surface area contributed by atoms with E-state index in [1.165, 1.54) is 0 Å². The van der Waals surface area contributed by atoms with Gasteiger partial charge >= 0.3 is 0 Å². The average molecular weight is 381 g/mol. The number of hydrogen-bond acceptors (Lipinski definition) is 6. The molecular weight excluding hydrogens is 354 g/mol. The normalized spacial score (nSPS) is 18.0. The maximum atomic E-state index is 11.4. The van der Waals surface area contributed by atoms with E-state index in [0.717, 1.165) is 40.2 Å². The van der Waals surface area contributed by atoms with Gasteiger partial charge in [-0.15, -0.1) is 0 Å². The Bertz CT molecular complexity index is 953. The van der Waals surface area contributed by atoms with Crippen LogP contribution in [0.4, 0.5) is 5.82 Å². The number of aliphatic hydroxyl groups is 1. The van der Waals surface area contributed by atoms with Crippen molar-refractivity contribution in [2.24, 2.45) is 0 Å². The van der Waals surface area contributed by atoms with Gasteiger partial charge < -0.3 is 14.7 Å². The summed E-state index contributed by atoms with van der Waals surface area (Å²) in [6.07, 6.45) is 4.73. The number of H-pyrrole nitrogens is 1. The molecule has 0 bridgehead atoms. The van der Waals surface area contributed by atoms with Gasteiger partial charge in [0.25, 0.3) is 0 Å². The van der Waals surface area contributed by atoms with Crippen molar-refractivity contribution in [3.05, 3.63) is 36.2 Å². The molecule has 0 saturated carbocycles. The SMILES string of the molecule is CCC(O)(CC)c1cc(N2CCOC[C@H]2C)nc2c(-c3ccn[nH]3)nccc12. The van der Waals surface area contributed by atoms with Crippen molar-refractivity contribution in [3.8, 4) is 11.4 Å². The zero-order valence-corrected chi connectivity index (χ0v) is 16.6. The molecule has 0 spiro atoms. The van der Waals surface area contributed by atoms with Gasteiger partial charge in [0.15, 0.2) is 0 Å². The number of fused-ring (bicyclic) bond motifs is 1. The van der Waals surface area contributed by atoms with Crippen molar-refractivity contribution in [2.45, 2.75) is 45.3 Å². The van der Waals surface area contributed by atoms with Crippen LogP contribution in [0, 0.1) is 0 Å². The third kappa shape index (κ3) is 3.14. The Kier molecular flexibility index (Phi) is 5.03. The fraction of sp³-hybridized carbons (Fsp3) is 0.476. The predicted octanol–water partition coefficient (Wildman–Crippen LogP) is 3.25. The lowest BCUT2D eigenvalue weighted by atomic mass is 9.86. The molecule has 4 heterocycles. The minimum atomic E-state index is -0.919. The van der Waals surface area contributed by atoms with E-state index in [0.29, 0.717) is 26.1 Å². The quantitative estimate of drug-likeness (QED) is 0.705. The summed E-state index contributed by atoms with van der Waals surface area (Å²) in [5.74, 6) is 0.854. The minimum Gasteiger partial charge on any atom is -0.385 e. The van der Waals surface area contributed by atoms with Gasteiger partial charge in [-0.1, -0.05) is 13.8 Å². The molecule has 3 aromatic rings. The summed E-state index contributed by atoms with van der Waals surface area (Å²) in [5, 5.41) is 19.4. The summed E-state index contributed by atoms with van der Waals surface area (Å²) in [4.78, 5) is 11.8. The Morgan fingerprint density at radius 1 is 1.29 bits per heavy atom. The second kappa shape index (κ2) is 7.48. The molecular formula is C21H27N5O2. The molecule has 1 aliphatic heterocycles. The number of anilines is 1. The molecule has 0 radical (unpaired) electrons. The van der Waals surface area contributed by atoms with Crippen LogP contribution in [0.2, 0.25) is 0 Å². The van der Waals surface area contributed by atoms with Crippen molar-refractivity contribution in [1.29, 1.82) is 0 Å². The van der Waals surface area contributed by atoms with Gasteiger partial charge in [0.1, 0.15) is 17.0 Å². The van der Waals surface area contributed by atoms with Crippen molar-refractivity contribution < 1.29 is 9.84 Å². The first-order valence-corrected chi connectivity index (χ1v) is 9.94. The zero-order chi connectivity index (χ0) is 19.7. The van der Waals surface area contributed by atoms with E-state index < -0.39 is 5.60 Å². The topological polar surface area (TPSA) is 87.2 Å². The average Bonchev–Trinajstić information content (AvgIpc) is 3.27. The van der Waals surface area contributed by atoms with E-state index >= 15 is 0 Å². The van der Waals surface area contributed by atoms with E-state index in [2.05, 4.69) is 27.0 Å². The monoisotopic (exact) mass is 381 g/mol. The highest BCUT2D eigenvalue weighted by Gasteiger charge is 2.30. The van der Waals surface area contributed by atoms with Crippen molar-refractivity contribution in [2.75, 3.05) is 24.7 Å². The highest BCUT2D eigenvalue weighted by Crippen LogP contribution is 2.38. The van der Waals surface area contributed by atoms with Crippen molar-refractivity contribution in [1.82, 2.24) is 20.2 Å². The maximum Gasteiger partial charge on any atom is 0.130 e. The van der Waals surface area contributed by atoms with Gasteiger partial charge in [-0.25, -0.2) is 4.98 Å². The molecule has 0 aromatic carbocycles. The minimum absolute atomic E-state index is 0.218. The highest BCUT2D eigenvalue weighted by atomic mass is 16.5. The number of morpholine rings is 1. The van der Waals surface area contributed by atoms with Crippen LogP contribution in [-0.2, 0) is 10.3 Å². The lowest BCUT2D eigenvalue weighted by molar-refractivity contribution is 0.0298. The first kappa shape index (κ1) is 18.8. The molecule has 2 N–H and O–H groups in total. The summed E-state index contributed by atoms with van der Waals surface area (Å²) in [5.41, 5.74) is 2.32. The Balaban J connectivity index is 1.99. The lowest BCUT2D eigenvalue weighted by Gasteiger charge is -2.36. The summed E-state index contributed by atoms with van der Waals surface area (Å²) < 4.78 is 5.60. The largest absolute Gasteiger partial charge is 0.385 e. The van der Waals surface area contributed by atoms with Gasteiger partial charge in [-0.2, -0.15) is 5.10 Å². The molecule has 0 unspecified atom stereocenters. The molecule has 7 heteroatoms. The fourth-order valence-electron chi connectivity index (χ4n) is 3.95. The molecule has 28 heavy (non-hydrogen) atoms. The Labute approximate surface area is 164 Å². The van der Waals surface area contributed by atoms with Crippen LogP contribution < -0.4 is 4.90 Å². The number of hydrogen-bond donors (Lipinski definition) is 2. The third-order valence-corrected chi connectivity index (χ3v) is 5.80. The summed E-state index contributed by atoms with van der Waals surface area (Å²) in [6, 6.07) is 6.10. The zero-order valence-electron chi connectivity index (χ0n) is 16.6. The lowest BCUT2D eigenvalue weighted by Crippen LogP contribution is -2.44. The van der Waals surface area contributed by atoms with E-state index in [1.807, 2.05) is 32.0 Å². The molecule has 148 valence electrons. The van der Waals surface area contributed by atoms with Crippen LogP contribution in [-0.4, -0.2) is 51.1 Å². The Morgan fingerprint density at radius 2 is 2.11 bits per heavy atom. The fourth-order valence-corrected chi connectivity index (χ4v) is 3.95. The number of nitrogens with one attached hydrogen (secondary N) is 1. The third-order valence-electron chi connectivity index (χ3n) is 5.80. The highest BCUT2D eigenvalue weighted by molar-refractivity contribution is 5.94. The summed E-state index contributed by atoms with van der Waals surface area (Å²) in [6.45, 7) is 8.28. The van der Waals surface area contributed by atoms with E-state index in [-0.39, 0.29) is 6.04 Å². The molecule has 1 atom stereocenters. The standard InChI is InChI=1S/C21H27N5O2/c1-4-21(27,5-2)16-12-18(26-10-11-28-13-14(26)3)24-19-15(16)6-8-22-20(19)17-7-9-23-25-17/h6-9,12,14,27H,4-5,10-11,13H2,1-3H3,(H,23,25)/t14-/m1/s1. The number of ether oxygens (including phenoxy) is 1. The maximum absolute atomic E-state index is 11.4. The van der Waals surface area contributed by atoms with Gasteiger partial charge in [0, 0.05) is 24.3 Å². The van der Waals surface area contributed by atoms with Crippen LogP contribution in [0.15, 0.2) is 30.6 Å².